The van der Waals surface area contributed by atoms with E-state index in [-0.39, 0.29) is 11.9 Å². The Morgan fingerprint density at radius 3 is 2.62 bits per heavy atom. The van der Waals surface area contributed by atoms with Crippen molar-refractivity contribution in [3.63, 3.8) is 0 Å². The van der Waals surface area contributed by atoms with E-state index < -0.39 is 6.10 Å². The van der Waals surface area contributed by atoms with E-state index in [1.165, 1.54) is 0 Å². The first kappa shape index (κ1) is 17.8. The molecular formula is C15H23BrN2O3. The maximum atomic E-state index is 12.0. The summed E-state index contributed by atoms with van der Waals surface area (Å²) in [6, 6.07) is 3.78. The minimum absolute atomic E-state index is 0.119. The topological polar surface area (TPSA) is 73.6 Å². The molecule has 1 amide bonds. The first-order chi connectivity index (χ1) is 9.92. The Bertz CT molecular complexity index is 494. The average Bonchev–Trinajstić information content (AvgIpc) is 2.48. The predicted molar refractivity (Wildman–Crippen MR) is 86.6 cm³/mol. The van der Waals surface area contributed by atoms with Crippen molar-refractivity contribution >= 4 is 21.8 Å². The lowest BCUT2D eigenvalue weighted by atomic mass is 10.2. The molecule has 2 unspecified atom stereocenters. The Hall–Kier alpha value is -1.27. The third-order valence-electron chi connectivity index (χ3n) is 3.19. The standard InChI is InChI=1S/C15H23BrN2O3/c1-5-9(2)18-15(19)10(3)21-14-12(16)6-11(8-17)7-13(14)20-4/h6-7,9-10H,5,8,17H2,1-4H3,(H,18,19). The van der Waals surface area contributed by atoms with Crippen LogP contribution >= 0.6 is 15.9 Å². The third-order valence-corrected chi connectivity index (χ3v) is 3.78. The van der Waals surface area contributed by atoms with Gasteiger partial charge in [-0.3, -0.25) is 4.79 Å². The van der Waals surface area contributed by atoms with Crippen LogP contribution in [0.5, 0.6) is 11.5 Å². The highest BCUT2D eigenvalue weighted by atomic mass is 79.9. The van der Waals surface area contributed by atoms with Gasteiger partial charge in [-0.15, -0.1) is 0 Å². The lowest BCUT2D eigenvalue weighted by Gasteiger charge is -2.20. The molecule has 0 aliphatic heterocycles. The van der Waals surface area contributed by atoms with Crippen LogP contribution in [0.25, 0.3) is 0 Å². The zero-order chi connectivity index (χ0) is 16.0. The number of nitrogens with one attached hydrogen (secondary N) is 1. The number of hydrogen-bond acceptors (Lipinski definition) is 4. The second kappa shape index (κ2) is 8.24. The zero-order valence-corrected chi connectivity index (χ0v) is 14.5. The Morgan fingerprint density at radius 1 is 1.43 bits per heavy atom. The van der Waals surface area contributed by atoms with Crippen molar-refractivity contribution < 1.29 is 14.3 Å². The second-order valence-electron chi connectivity index (χ2n) is 4.89. The molecule has 0 aliphatic carbocycles. The molecule has 1 rings (SSSR count). The van der Waals surface area contributed by atoms with Crippen molar-refractivity contribution in [3.8, 4) is 11.5 Å². The van der Waals surface area contributed by atoms with Crippen molar-refractivity contribution in [2.45, 2.75) is 45.9 Å². The molecule has 6 heteroatoms. The molecule has 0 aromatic heterocycles. The van der Waals surface area contributed by atoms with Gasteiger partial charge < -0.3 is 20.5 Å². The number of benzene rings is 1. The number of nitrogens with two attached hydrogens (primary N) is 1. The molecule has 1 aromatic rings. The molecular weight excluding hydrogens is 336 g/mol. The van der Waals surface area contributed by atoms with E-state index >= 15 is 0 Å². The number of carbonyl (C=O) groups is 1. The van der Waals surface area contributed by atoms with Crippen molar-refractivity contribution in [2.24, 2.45) is 5.73 Å². The van der Waals surface area contributed by atoms with Gasteiger partial charge in [-0.25, -0.2) is 0 Å². The molecule has 2 atom stereocenters. The number of ether oxygens (including phenoxy) is 2. The number of amides is 1. The van der Waals surface area contributed by atoms with Gasteiger partial charge in [0.05, 0.1) is 11.6 Å². The van der Waals surface area contributed by atoms with Gasteiger partial charge in [-0.2, -0.15) is 0 Å². The summed E-state index contributed by atoms with van der Waals surface area (Å²) in [5.41, 5.74) is 6.55. The first-order valence-electron chi connectivity index (χ1n) is 6.96. The summed E-state index contributed by atoms with van der Waals surface area (Å²) < 4.78 is 11.8. The number of hydrogen-bond donors (Lipinski definition) is 2. The van der Waals surface area contributed by atoms with Crippen molar-refractivity contribution in [2.75, 3.05) is 7.11 Å². The van der Waals surface area contributed by atoms with Crippen LogP contribution < -0.4 is 20.5 Å². The molecule has 0 saturated carbocycles. The Balaban J connectivity index is 2.89. The molecule has 0 aliphatic rings. The Labute approximate surface area is 134 Å². The summed E-state index contributed by atoms with van der Waals surface area (Å²) >= 11 is 3.43. The van der Waals surface area contributed by atoms with E-state index in [1.54, 1.807) is 20.1 Å². The van der Waals surface area contributed by atoms with Crippen LogP contribution in [0.4, 0.5) is 0 Å². The maximum absolute atomic E-state index is 12.0. The lowest BCUT2D eigenvalue weighted by molar-refractivity contribution is -0.127. The van der Waals surface area contributed by atoms with Crippen LogP contribution in [0.15, 0.2) is 16.6 Å². The summed E-state index contributed by atoms with van der Waals surface area (Å²) in [6.45, 7) is 6.08. The van der Waals surface area contributed by atoms with E-state index in [1.807, 2.05) is 19.9 Å². The molecule has 0 fully saturated rings. The lowest BCUT2D eigenvalue weighted by Crippen LogP contribution is -2.41. The molecule has 1 aromatic carbocycles. The molecule has 0 heterocycles. The van der Waals surface area contributed by atoms with Crippen LogP contribution in [0.1, 0.15) is 32.8 Å². The normalized spacial score (nSPS) is 13.4. The van der Waals surface area contributed by atoms with Crippen LogP contribution in [-0.4, -0.2) is 25.2 Å². The molecule has 0 saturated heterocycles. The fourth-order valence-corrected chi connectivity index (χ4v) is 2.28. The van der Waals surface area contributed by atoms with Crippen LogP contribution in [0.2, 0.25) is 0 Å². The van der Waals surface area contributed by atoms with Gasteiger partial charge in [0.1, 0.15) is 0 Å². The summed E-state index contributed by atoms with van der Waals surface area (Å²) in [5.74, 6) is 0.899. The van der Waals surface area contributed by atoms with Gasteiger partial charge in [0, 0.05) is 12.6 Å². The highest BCUT2D eigenvalue weighted by Crippen LogP contribution is 2.37. The van der Waals surface area contributed by atoms with E-state index in [9.17, 15) is 4.79 Å². The van der Waals surface area contributed by atoms with Gasteiger partial charge in [0.2, 0.25) is 0 Å². The minimum Gasteiger partial charge on any atom is -0.493 e. The van der Waals surface area contributed by atoms with Gasteiger partial charge in [-0.05, 0) is 53.9 Å². The summed E-state index contributed by atoms with van der Waals surface area (Å²) in [7, 11) is 1.55. The fourth-order valence-electron chi connectivity index (χ4n) is 1.70. The van der Waals surface area contributed by atoms with Crippen LogP contribution in [0.3, 0.4) is 0 Å². The molecule has 5 nitrogen and oxygen atoms in total. The molecule has 21 heavy (non-hydrogen) atoms. The van der Waals surface area contributed by atoms with Gasteiger partial charge in [-0.1, -0.05) is 6.92 Å². The maximum Gasteiger partial charge on any atom is 0.260 e. The molecule has 3 N–H and O–H groups in total. The zero-order valence-electron chi connectivity index (χ0n) is 12.9. The largest absolute Gasteiger partial charge is 0.493 e. The van der Waals surface area contributed by atoms with Crippen molar-refractivity contribution in [3.05, 3.63) is 22.2 Å². The third kappa shape index (κ3) is 4.89. The predicted octanol–water partition coefficient (Wildman–Crippen LogP) is 2.60. The summed E-state index contributed by atoms with van der Waals surface area (Å²) in [4.78, 5) is 12.0. The molecule has 0 radical (unpaired) electrons. The monoisotopic (exact) mass is 358 g/mol. The Kier molecular flexibility index (Phi) is 6.98. The highest BCUT2D eigenvalue weighted by Gasteiger charge is 2.20. The SMILES string of the molecule is CCC(C)NC(=O)C(C)Oc1c(Br)cc(CN)cc1OC. The Morgan fingerprint density at radius 2 is 2.10 bits per heavy atom. The van der Waals surface area contributed by atoms with Crippen LogP contribution in [-0.2, 0) is 11.3 Å². The average molecular weight is 359 g/mol. The number of halogens is 1. The summed E-state index contributed by atoms with van der Waals surface area (Å²) in [6.07, 6.45) is 0.254. The van der Waals surface area contributed by atoms with Gasteiger partial charge in [0.15, 0.2) is 17.6 Å². The van der Waals surface area contributed by atoms with Gasteiger partial charge >= 0.3 is 0 Å². The molecule has 0 bridgehead atoms. The fraction of sp³-hybridized carbons (Fsp3) is 0.533. The number of rotatable bonds is 7. The van der Waals surface area contributed by atoms with Crippen molar-refractivity contribution in [1.29, 1.82) is 0 Å². The van der Waals surface area contributed by atoms with Gasteiger partial charge in [0.25, 0.3) is 5.91 Å². The van der Waals surface area contributed by atoms with E-state index in [0.717, 1.165) is 12.0 Å². The smallest absolute Gasteiger partial charge is 0.260 e. The number of carbonyl (C=O) groups excluding carboxylic acids is 1. The summed E-state index contributed by atoms with van der Waals surface area (Å²) in [5, 5.41) is 2.89. The van der Waals surface area contributed by atoms with Crippen molar-refractivity contribution in [1.82, 2.24) is 5.32 Å². The van der Waals surface area contributed by atoms with E-state index in [4.69, 9.17) is 15.2 Å². The van der Waals surface area contributed by atoms with E-state index in [2.05, 4.69) is 21.2 Å². The minimum atomic E-state index is -0.618. The molecule has 118 valence electrons. The highest BCUT2D eigenvalue weighted by molar-refractivity contribution is 9.10. The number of methoxy groups -OCH3 is 1. The second-order valence-corrected chi connectivity index (χ2v) is 5.75. The van der Waals surface area contributed by atoms with E-state index in [0.29, 0.717) is 22.5 Å². The first-order valence-corrected chi connectivity index (χ1v) is 7.75. The van der Waals surface area contributed by atoms with Crippen LogP contribution in [0, 0.1) is 0 Å². The quantitative estimate of drug-likeness (QED) is 0.785. The molecule has 0 spiro atoms.